The number of benzene rings is 1. The van der Waals surface area contributed by atoms with Crippen LogP contribution in [0.3, 0.4) is 0 Å². The molecule has 1 unspecified atom stereocenters. The largest absolute Gasteiger partial charge is 0.409 e. The summed E-state index contributed by atoms with van der Waals surface area (Å²) in [6.45, 7) is 1.56. The normalized spacial score (nSPS) is 12.9. The Bertz CT molecular complexity index is 743. The van der Waals surface area contributed by atoms with Crippen LogP contribution in [0.25, 0.3) is 0 Å². The van der Waals surface area contributed by atoms with E-state index in [0.29, 0.717) is 4.90 Å². The summed E-state index contributed by atoms with van der Waals surface area (Å²) in [5.74, 6) is -0.914. The van der Waals surface area contributed by atoms with Crippen molar-refractivity contribution in [1.29, 1.82) is 5.26 Å². The summed E-state index contributed by atoms with van der Waals surface area (Å²) in [4.78, 5) is 4.21. The molecule has 0 aliphatic heterocycles. The van der Waals surface area contributed by atoms with Crippen molar-refractivity contribution in [3.05, 3.63) is 59.7 Å². The third-order valence-electron chi connectivity index (χ3n) is 3.17. The molecule has 1 aromatic heterocycles. The van der Waals surface area contributed by atoms with Gasteiger partial charge in [0, 0.05) is 29.4 Å². The lowest BCUT2D eigenvalue weighted by Gasteiger charge is -2.31. The summed E-state index contributed by atoms with van der Waals surface area (Å²) < 4.78 is 55.7. The van der Waals surface area contributed by atoms with E-state index in [1.807, 2.05) is 6.07 Å². The Morgan fingerprint density at radius 3 is 2.58 bits per heavy atom. The standard InChI is InChI=1S/C16H13F4N3S/c1-2-23(24-12-7-11(8-21)9-22-10-12)15(16(18,19)20)13-5-3-4-6-14(13)17/h3-7,9-10,15H,2H2,1H3. The second-order valence-electron chi connectivity index (χ2n) is 4.81. The fourth-order valence-electron chi connectivity index (χ4n) is 2.16. The number of halogens is 4. The molecule has 3 nitrogen and oxygen atoms in total. The van der Waals surface area contributed by atoms with E-state index in [4.69, 9.17) is 5.26 Å². The molecule has 0 saturated carbocycles. The number of aromatic nitrogens is 1. The fourth-order valence-corrected chi connectivity index (χ4v) is 3.18. The van der Waals surface area contributed by atoms with Crippen molar-refractivity contribution in [3.8, 4) is 6.07 Å². The van der Waals surface area contributed by atoms with Gasteiger partial charge in [-0.05, 0) is 24.1 Å². The van der Waals surface area contributed by atoms with Gasteiger partial charge in [-0.15, -0.1) is 0 Å². The van der Waals surface area contributed by atoms with Crippen LogP contribution in [0.15, 0.2) is 47.6 Å². The van der Waals surface area contributed by atoms with Gasteiger partial charge >= 0.3 is 6.18 Å². The molecule has 0 amide bonds. The lowest BCUT2D eigenvalue weighted by molar-refractivity contribution is -0.172. The van der Waals surface area contributed by atoms with Crippen LogP contribution >= 0.6 is 11.9 Å². The Balaban J connectivity index is 2.40. The quantitative estimate of drug-likeness (QED) is 0.574. The van der Waals surface area contributed by atoms with Gasteiger partial charge in [0.1, 0.15) is 17.9 Å². The minimum Gasteiger partial charge on any atom is -0.262 e. The number of pyridine rings is 1. The predicted molar refractivity (Wildman–Crippen MR) is 82.4 cm³/mol. The molecule has 8 heteroatoms. The number of alkyl halides is 3. The van der Waals surface area contributed by atoms with Gasteiger partial charge in [-0.3, -0.25) is 4.98 Å². The minimum absolute atomic E-state index is 0.0138. The van der Waals surface area contributed by atoms with Gasteiger partial charge in [-0.1, -0.05) is 25.1 Å². The van der Waals surface area contributed by atoms with Crippen LogP contribution < -0.4 is 0 Å². The summed E-state index contributed by atoms with van der Waals surface area (Å²) in [6, 6.07) is 6.05. The van der Waals surface area contributed by atoms with Gasteiger partial charge in [-0.25, -0.2) is 8.70 Å². The molecule has 0 fully saturated rings. The third kappa shape index (κ3) is 4.24. The van der Waals surface area contributed by atoms with Crippen molar-refractivity contribution in [1.82, 2.24) is 9.29 Å². The van der Waals surface area contributed by atoms with Crippen molar-refractivity contribution in [2.75, 3.05) is 6.54 Å². The van der Waals surface area contributed by atoms with E-state index >= 15 is 0 Å². The molecule has 0 aliphatic carbocycles. The SMILES string of the molecule is CCN(Sc1cncc(C#N)c1)C(c1ccccc1F)C(F)(F)F. The van der Waals surface area contributed by atoms with Crippen molar-refractivity contribution in [2.24, 2.45) is 0 Å². The second kappa shape index (κ2) is 7.64. The van der Waals surface area contributed by atoms with E-state index in [2.05, 4.69) is 4.98 Å². The molecule has 2 aromatic rings. The molecule has 2 rings (SSSR count). The predicted octanol–water partition coefficient (Wildman–Crippen LogP) is 4.72. The highest BCUT2D eigenvalue weighted by Gasteiger charge is 2.46. The Hall–Kier alpha value is -2.11. The summed E-state index contributed by atoms with van der Waals surface area (Å²) in [6.07, 6.45) is -1.98. The van der Waals surface area contributed by atoms with Gasteiger partial charge in [-0.2, -0.15) is 18.4 Å². The van der Waals surface area contributed by atoms with Crippen LogP contribution in [0, 0.1) is 17.1 Å². The zero-order chi connectivity index (χ0) is 17.7. The number of rotatable bonds is 5. The molecule has 0 saturated heterocycles. The second-order valence-corrected chi connectivity index (χ2v) is 5.93. The van der Waals surface area contributed by atoms with Crippen molar-refractivity contribution in [3.63, 3.8) is 0 Å². The molecule has 1 heterocycles. The smallest absolute Gasteiger partial charge is 0.262 e. The Morgan fingerprint density at radius 2 is 2.00 bits per heavy atom. The number of nitriles is 1. The van der Waals surface area contributed by atoms with E-state index in [1.54, 1.807) is 6.92 Å². The van der Waals surface area contributed by atoms with E-state index in [-0.39, 0.29) is 12.1 Å². The maximum Gasteiger partial charge on any atom is 0.409 e. The highest BCUT2D eigenvalue weighted by molar-refractivity contribution is 7.97. The molecule has 0 radical (unpaired) electrons. The van der Waals surface area contributed by atoms with Gasteiger partial charge in [0.2, 0.25) is 0 Å². The van der Waals surface area contributed by atoms with Crippen molar-refractivity contribution in [2.45, 2.75) is 24.0 Å². The monoisotopic (exact) mass is 355 g/mol. The van der Waals surface area contributed by atoms with E-state index in [0.717, 1.165) is 28.4 Å². The molecule has 1 aromatic carbocycles. The van der Waals surface area contributed by atoms with Crippen LogP contribution in [-0.4, -0.2) is 22.0 Å². The van der Waals surface area contributed by atoms with Crippen LogP contribution in [0.4, 0.5) is 17.6 Å². The lowest BCUT2D eigenvalue weighted by Crippen LogP contribution is -2.34. The first kappa shape index (κ1) is 18.2. The molecule has 0 spiro atoms. The average Bonchev–Trinajstić information content (AvgIpc) is 2.55. The lowest BCUT2D eigenvalue weighted by atomic mass is 10.1. The van der Waals surface area contributed by atoms with E-state index in [9.17, 15) is 17.6 Å². The summed E-state index contributed by atoms with van der Waals surface area (Å²) >= 11 is 0.790. The van der Waals surface area contributed by atoms with Crippen LogP contribution in [0.1, 0.15) is 24.1 Å². The highest BCUT2D eigenvalue weighted by atomic mass is 32.2. The van der Waals surface area contributed by atoms with Gasteiger partial charge in [0.25, 0.3) is 0 Å². The van der Waals surface area contributed by atoms with E-state index < -0.39 is 23.6 Å². The summed E-state index contributed by atoms with van der Waals surface area (Å²) in [5.41, 5.74) is -0.200. The van der Waals surface area contributed by atoms with Gasteiger partial charge < -0.3 is 0 Å². The Morgan fingerprint density at radius 1 is 1.29 bits per heavy atom. The summed E-state index contributed by atoms with van der Waals surface area (Å²) in [7, 11) is 0. The molecular weight excluding hydrogens is 342 g/mol. The fraction of sp³-hybridized carbons (Fsp3) is 0.250. The maximum absolute atomic E-state index is 13.9. The first-order valence-corrected chi connectivity index (χ1v) is 7.75. The number of nitrogens with zero attached hydrogens (tertiary/aromatic N) is 3. The molecule has 0 bridgehead atoms. The third-order valence-corrected chi connectivity index (χ3v) is 4.31. The Labute approximate surface area is 141 Å². The summed E-state index contributed by atoms with van der Waals surface area (Å²) in [5, 5.41) is 8.86. The zero-order valence-electron chi connectivity index (χ0n) is 12.6. The minimum atomic E-state index is -4.66. The maximum atomic E-state index is 13.9. The zero-order valence-corrected chi connectivity index (χ0v) is 13.4. The van der Waals surface area contributed by atoms with E-state index in [1.165, 1.54) is 30.6 Å². The topological polar surface area (TPSA) is 39.9 Å². The molecule has 0 N–H and O–H groups in total. The van der Waals surface area contributed by atoms with Crippen LogP contribution in [0.5, 0.6) is 0 Å². The first-order valence-electron chi connectivity index (χ1n) is 6.97. The van der Waals surface area contributed by atoms with Gasteiger partial charge in [0.05, 0.1) is 5.56 Å². The molecule has 1 atom stereocenters. The van der Waals surface area contributed by atoms with Gasteiger partial charge in [0.15, 0.2) is 0 Å². The Kier molecular flexibility index (Phi) is 5.80. The number of hydrogen-bond donors (Lipinski definition) is 0. The van der Waals surface area contributed by atoms with Crippen molar-refractivity contribution < 1.29 is 17.6 Å². The average molecular weight is 355 g/mol. The number of hydrogen-bond acceptors (Lipinski definition) is 4. The molecule has 0 aliphatic rings. The van der Waals surface area contributed by atoms with Crippen molar-refractivity contribution >= 4 is 11.9 Å². The van der Waals surface area contributed by atoms with Crippen LogP contribution in [0.2, 0.25) is 0 Å². The molecular formula is C16H13F4N3S. The molecule has 126 valence electrons. The first-order chi connectivity index (χ1) is 11.4. The highest BCUT2D eigenvalue weighted by Crippen LogP contribution is 2.43. The molecule has 24 heavy (non-hydrogen) atoms. The van der Waals surface area contributed by atoms with Crippen LogP contribution in [-0.2, 0) is 0 Å².